The van der Waals surface area contributed by atoms with Crippen LogP contribution in [0.4, 0.5) is 0 Å². The van der Waals surface area contributed by atoms with Gasteiger partial charge in [0.1, 0.15) is 11.9 Å². The summed E-state index contributed by atoms with van der Waals surface area (Å²) in [6.45, 7) is 1.60. The molecule has 5 heteroatoms. The zero-order valence-corrected chi connectivity index (χ0v) is 20.5. The van der Waals surface area contributed by atoms with Crippen molar-refractivity contribution in [1.29, 1.82) is 0 Å². The number of hydrogen-bond acceptors (Lipinski definition) is 3. The minimum atomic E-state index is -0.0457. The standard InChI is InChI=1S/C28H42N2O3/c1-29-20-12-4-5-13-21-30(27(31)22-14-6-2-3-7-15-22)24-17-9-11-19-26(24)33-25-18-10-8-16-23(25)28(29)32/h8,10,16,18,22,24,26H,2-7,9,11-15,17,19-21H2,1H3/t24-,26+/m1/s1. The molecule has 1 aliphatic heterocycles. The summed E-state index contributed by atoms with van der Waals surface area (Å²) in [5.74, 6) is 1.25. The van der Waals surface area contributed by atoms with Crippen molar-refractivity contribution in [2.24, 2.45) is 5.92 Å². The Labute approximate surface area is 199 Å². The molecule has 0 saturated heterocycles. The summed E-state index contributed by atoms with van der Waals surface area (Å²) < 4.78 is 6.61. The maximum Gasteiger partial charge on any atom is 0.257 e. The van der Waals surface area contributed by atoms with E-state index in [4.69, 9.17) is 4.74 Å². The lowest BCUT2D eigenvalue weighted by Crippen LogP contribution is -2.52. The minimum absolute atomic E-state index is 0.0291. The molecule has 4 rings (SSSR count). The fourth-order valence-electron chi connectivity index (χ4n) is 5.97. The molecule has 3 aliphatic rings. The normalized spacial score (nSPS) is 26.4. The van der Waals surface area contributed by atoms with Crippen molar-refractivity contribution in [2.45, 2.75) is 102 Å². The topological polar surface area (TPSA) is 49.9 Å². The zero-order chi connectivity index (χ0) is 23.0. The quantitative estimate of drug-likeness (QED) is 0.502. The van der Waals surface area contributed by atoms with E-state index in [-0.39, 0.29) is 24.0 Å². The third-order valence-electron chi connectivity index (χ3n) is 7.94. The van der Waals surface area contributed by atoms with Crippen molar-refractivity contribution < 1.29 is 14.3 Å². The zero-order valence-electron chi connectivity index (χ0n) is 20.5. The Balaban J connectivity index is 1.62. The van der Waals surface area contributed by atoms with E-state index in [2.05, 4.69) is 4.90 Å². The molecular formula is C28H42N2O3. The molecule has 2 fully saturated rings. The van der Waals surface area contributed by atoms with Crippen LogP contribution < -0.4 is 4.74 Å². The second kappa shape index (κ2) is 11.9. The molecule has 2 aliphatic carbocycles. The van der Waals surface area contributed by atoms with Gasteiger partial charge < -0.3 is 14.5 Å². The molecule has 1 heterocycles. The van der Waals surface area contributed by atoms with Crippen LogP contribution in [0.1, 0.15) is 100 Å². The first kappa shape index (κ1) is 24.1. The molecule has 1 aromatic carbocycles. The van der Waals surface area contributed by atoms with Crippen molar-refractivity contribution >= 4 is 11.8 Å². The van der Waals surface area contributed by atoms with Crippen LogP contribution in [0.15, 0.2) is 24.3 Å². The van der Waals surface area contributed by atoms with Crippen molar-refractivity contribution in [3.05, 3.63) is 29.8 Å². The van der Waals surface area contributed by atoms with Crippen LogP contribution >= 0.6 is 0 Å². The van der Waals surface area contributed by atoms with Crippen LogP contribution in [0.5, 0.6) is 5.75 Å². The van der Waals surface area contributed by atoms with Gasteiger partial charge in [0.05, 0.1) is 11.6 Å². The Morgan fingerprint density at radius 1 is 0.818 bits per heavy atom. The maximum absolute atomic E-state index is 13.9. The van der Waals surface area contributed by atoms with E-state index in [1.54, 1.807) is 0 Å². The summed E-state index contributed by atoms with van der Waals surface area (Å²) in [6.07, 6.45) is 15.3. The number of amides is 2. The fraction of sp³-hybridized carbons (Fsp3) is 0.714. The van der Waals surface area contributed by atoms with Crippen LogP contribution in [0.2, 0.25) is 0 Å². The number of rotatable bonds is 1. The molecule has 1 aromatic rings. The largest absolute Gasteiger partial charge is 0.487 e. The van der Waals surface area contributed by atoms with Crippen LogP contribution in [0.25, 0.3) is 0 Å². The minimum Gasteiger partial charge on any atom is -0.487 e. The summed E-state index contributed by atoms with van der Waals surface area (Å²) in [4.78, 5) is 31.1. The first-order chi connectivity index (χ1) is 16.1. The molecule has 5 nitrogen and oxygen atoms in total. The highest BCUT2D eigenvalue weighted by molar-refractivity contribution is 5.96. The van der Waals surface area contributed by atoms with Gasteiger partial charge in [-0.2, -0.15) is 0 Å². The van der Waals surface area contributed by atoms with Gasteiger partial charge in [0.2, 0.25) is 5.91 Å². The molecule has 182 valence electrons. The summed E-state index contributed by atoms with van der Waals surface area (Å²) in [5, 5.41) is 0. The second-order valence-corrected chi connectivity index (χ2v) is 10.4. The van der Waals surface area contributed by atoms with E-state index in [0.717, 1.165) is 77.3 Å². The van der Waals surface area contributed by atoms with Gasteiger partial charge in [-0.1, -0.05) is 57.1 Å². The van der Waals surface area contributed by atoms with Crippen molar-refractivity contribution in [2.75, 3.05) is 20.1 Å². The number of nitrogens with zero attached hydrogens (tertiary/aromatic N) is 2. The van der Waals surface area contributed by atoms with Crippen LogP contribution in [0.3, 0.4) is 0 Å². The molecule has 0 spiro atoms. The van der Waals surface area contributed by atoms with Gasteiger partial charge in [0, 0.05) is 26.1 Å². The summed E-state index contributed by atoms with van der Waals surface area (Å²) in [6, 6.07) is 7.78. The highest BCUT2D eigenvalue weighted by Crippen LogP contribution is 2.33. The monoisotopic (exact) mass is 454 g/mol. The van der Waals surface area contributed by atoms with Crippen molar-refractivity contribution in [3.63, 3.8) is 0 Å². The van der Waals surface area contributed by atoms with Crippen molar-refractivity contribution in [1.82, 2.24) is 9.80 Å². The first-order valence-corrected chi connectivity index (χ1v) is 13.5. The van der Waals surface area contributed by atoms with Gasteiger partial charge in [-0.15, -0.1) is 0 Å². The molecule has 0 radical (unpaired) electrons. The fourth-order valence-corrected chi connectivity index (χ4v) is 5.97. The van der Waals surface area contributed by atoms with E-state index in [1.807, 2.05) is 36.2 Å². The third kappa shape index (κ3) is 6.10. The smallest absolute Gasteiger partial charge is 0.257 e. The Morgan fingerprint density at radius 2 is 1.45 bits per heavy atom. The van der Waals surface area contributed by atoms with Crippen LogP contribution in [0, 0.1) is 5.92 Å². The van der Waals surface area contributed by atoms with Gasteiger partial charge in [-0.25, -0.2) is 0 Å². The van der Waals surface area contributed by atoms with Gasteiger partial charge in [-0.3, -0.25) is 9.59 Å². The second-order valence-electron chi connectivity index (χ2n) is 10.4. The average Bonchev–Trinajstić information content (AvgIpc) is 3.13. The Kier molecular flexibility index (Phi) is 8.69. The van der Waals surface area contributed by atoms with E-state index >= 15 is 0 Å². The van der Waals surface area contributed by atoms with Crippen LogP contribution in [-0.2, 0) is 4.79 Å². The summed E-state index contributed by atoms with van der Waals surface area (Å²) in [5.41, 5.74) is 0.642. The third-order valence-corrected chi connectivity index (χ3v) is 7.94. The van der Waals surface area contributed by atoms with E-state index in [1.165, 1.54) is 25.7 Å². The number of ether oxygens (including phenoxy) is 1. The molecule has 2 amide bonds. The lowest BCUT2D eigenvalue weighted by Gasteiger charge is -2.41. The molecule has 0 unspecified atom stereocenters. The first-order valence-electron chi connectivity index (χ1n) is 13.5. The highest BCUT2D eigenvalue weighted by Gasteiger charge is 2.37. The molecule has 33 heavy (non-hydrogen) atoms. The molecule has 0 bridgehead atoms. The number of carbonyl (C=O) groups excluding carboxylic acids is 2. The molecular weight excluding hydrogens is 412 g/mol. The van der Waals surface area contributed by atoms with Crippen LogP contribution in [-0.4, -0.2) is 53.9 Å². The lowest BCUT2D eigenvalue weighted by molar-refractivity contribution is -0.141. The van der Waals surface area contributed by atoms with E-state index in [9.17, 15) is 9.59 Å². The van der Waals surface area contributed by atoms with Gasteiger partial charge in [-0.05, 0) is 57.1 Å². The highest BCUT2D eigenvalue weighted by atomic mass is 16.5. The molecule has 0 N–H and O–H groups in total. The average molecular weight is 455 g/mol. The van der Waals surface area contributed by atoms with Crippen molar-refractivity contribution in [3.8, 4) is 5.75 Å². The number of hydrogen-bond donors (Lipinski definition) is 0. The Morgan fingerprint density at radius 3 is 2.24 bits per heavy atom. The van der Waals surface area contributed by atoms with Gasteiger partial charge >= 0.3 is 0 Å². The predicted octanol–water partition coefficient (Wildman–Crippen LogP) is 5.82. The van der Waals surface area contributed by atoms with Gasteiger partial charge in [0.25, 0.3) is 5.91 Å². The SMILES string of the molecule is CN1CCCCCCN(C(=O)C2CCCCCC2)[C@@H]2CCCC[C@@H]2Oc2ccccc2C1=O. The molecule has 2 atom stereocenters. The van der Waals surface area contributed by atoms with E-state index < -0.39 is 0 Å². The molecule has 0 aromatic heterocycles. The lowest BCUT2D eigenvalue weighted by atomic mass is 9.88. The number of fused-ring (bicyclic) bond motifs is 2. The number of carbonyl (C=O) groups is 2. The maximum atomic E-state index is 13.9. The van der Waals surface area contributed by atoms with E-state index in [0.29, 0.717) is 17.2 Å². The summed E-state index contributed by atoms with van der Waals surface area (Å²) in [7, 11) is 1.89. The number of para-hydroxylation sites is 1. The predicted molar refractivity (Wildman–Crippen MR) is 131 cm³/mol. The number of benzene rings is 1. The Bertz CT molecular complexity index is 787. The Hall–Kier alpha value is -2.04. The van der Waals surface area contributed by atoms with Gasteiger partial charge in [0.15, 0.2) is 0 Å². The summed E-state index contributed by atoms with van der Waals surface area (Å²) >= 11 is 0. The molecule has 2 saturated carbocycles.